The maximum atomic E-state index is 15.7. The van der Waals surface area contributed by atoms with Crippen molar-refractivity contribution in [1.29, 1.82) is 0 Å². The number of anilines is 1. The van der Waals surface area contributed by atoms with E-state index in [2.05, 4.69) is 35.5 Å². The summed E-state index contributed by atoms with van der Waals surface area (Å²) in [6.07, 6.45) is 5.91. The number of hydrogen-bond acceptors (Lipinski definition) is 5. The number of halogens is 1. The van der Waals surface area contributed by atoms with Gasteiger partial charge in [0.1, 0.15) is 17.0 Å². The van der Waals surface area contributed by atoms with Crippen LogP contribution in [-0.2, 0) is 4.79 Å². The predicted octanol–water partition coefficient (Wildman–Crippen LogP) is 4.44. The van der Waals surface area contributed by atoms with Crippen LogP contribution in [0.1, 0.15) is 19.8 Å². The van der Waals surface area contributed by atoms with Crippen LogP contribution in [0.15, 0.2) is 48.9 Å². The van der Waals surface area contributed by atoms with Crippen molar-refractivity contribution in [3.8, 4) is 22.6 Å². The molecule has 154 valence electrons. The molecule has 31 heavy (non-hydrogen) atoms. The van der Waals surface area contributed by atoms with Crippen molar-refractivity contribution >= 4 is 33.7 Å². The fraction of sp³-hybridized carbons (Fsp3) is 0.136. The summed E-state index contributed by atoms with van der Waals surface area (Å²) >= 11 is 0. The van der Waals surface area contributed by atoms with E-state index in [9.17, 15) is 4.79 Å². The van der Waals surface area contributed by atoms with Crippen LogP contribution in [0.3, 0.4) is 0 Å². The predicted molar refractivity (Wildman–Crippen MR) is 116 cm³/mol. The number of H-pyrrole nitrogens is 2. The molecule has 3 N–H and O–H groups in total. The first-order valence-electron chi connectivity index (χ1n) is 9.87. The number of aromatic amines is 2. The summed E-state index contributed by atoms with van der Waals surface area (Å²) in [7, 11) is 0. The molecule has 0 spiro atoms. The molecule has 4 aromatic heterocycles. The van der Waals surface area contributed by atoms with Crippen molar-refractivity contribution < 1.29 is 9.18 Å². The first kappa shape index (κ1) is 18.9. The highest BCUT2D eigenvalue weighted by Gasteiger charge is 2.19. The second-order valence-electron chi connectivity index (χ2n) is 7.14. The third-order valence-corrected chi connectivity index (χ3v) is 4.96. The van der Waals surface area contributed by atoms with Gasteiger partial charge in [0.15, 0.2) is 11.5 Å². The van der Waals surface area contributed by atoms with E-state index in [0.29, 0.717) is 56.8 Å². The van der Waals surface area contributed by atoms with Crippen molar-refractivity contribution in [1.82, 2.24) is 30.1 Å². The summed E-state index contributed by atoms with van der Waals surface area (Å²) in [6.45, 7) is 1.93. The summed E-state index contributed by atoms with van der Waals surface area (Å²) < 4.78 is 15.7. The van der Waals surface area contributed by atoms with Gasteiger partial charge in [-0.2, -0.15) is 5.10 Å². The molecule has 0 aliphatic carbocycles. The molecule has 0 aliphatic rings. The summed E-state index contributed by atoms with van der Waals surface area (Å²) in [6, 6.07) is 8.73. The second-order valence-corrected chi connectivity index (χ2v) is 7.14. The SMILES string of the molecule is CCCC(=O)Nc1cncc(-c2ccc3[nH]nc(-c4nc5cccnc5[nH]4)c3c2F)c1. The molecule has 9 heteroatoms. The van der Waals surface area contributed by atoms with E-state index in [1.165, 1.54) is 6.20 Å². The molecule has 8 nitrogen and oxygen atoms in total. The summed E-state index contributed by atoms with van der Waals surface area (Å²) in [4.78, 5) is 27.9. The van der Waals surface area contributed by atoms with E-state index in [0.717, 1.165) is 6.42 Å². The van der Waals surface area contributed by atoms with Crippen molar-refractivity contribution in [2.75, 3.05) is 5.32 Å². The number of imidazole rings is 1. The minimum absolute atomic E-state index is 0.104. The van der Waals surface area contributed by atoms with Crippen LogP contribution in [0.2, 0.25) is 0 Å². The largest absolute Gasteiger partial charge is 0.325 e. The van der Waals surface area contributed by atoms with Crippen LogP contribution in [0.25, 0.3) is 44.7 Å². The molecule has 0 unspecified atom stereocenters. The van der Waals surface area contributed by atoms with E-state index in [-0.39, 0.29) is 5.91 Å². The van der Waals surface area contributed by atoms with Gasteiger partial charge in [-0.05, 0) is 36.8 Å². The van der Waals surface area contributed by atoms with Crippen LogP contribution < -0.4 is 5.32 Å². The first-order chi connectivity index (χ1) is 15.1. The molecule has 1 amide bonds. The Labute approximate surface area is 176 Å². The highest BCUT2D eigenvalue weighted by molar-refractivity contribution is 5.96. The topological polar surface area (TPSA) is 112 Å². The Morgan fingerprint density at radius 3 is 2.97 bits per heavy atom. The first-order valence-corrected chi connectivity index (χ1v) is 9.87. The van der Waals surface area contributed by atoms with Crippen molar-refractivity contribution in [3.05, 3.63) is 54.7 Å². The fourth-order valence-corrected chi connectivity index (χ4v) is 3.53. The fourth-order valence-electron chi connectivity index (χ4n) is 3.53. The average molecular weight is 415 g/mol. The quantitative estimate of drug-likeness (QED) is 0.393. The minimum atomic E-state index is -0.450. The van der Waals surface area contributed by atoms with Crippen LogP contribution in [0, 0.1) is 5.82 Å². The van der Waals surface area contributed by atoms with Gasteiger partial charge in [0.2, 0.25) is 5.91 Å². The molecular weight excluding hydrogens is 397 g/mol. The van der Waals surface area contributed by atoms with E-state index in [1.807, 2.05) is 13.0 Å². The van der Waals surface area contributed by atoms with Crippen molar-refractivity contribution in [2.24, 2.45) is 0 Å². The number of hydrogen-bond donors (Lipinski definition) is 3. The zero-order valence-corrected chi connectivity index (χ0v) is 16.6. The minimum Gasteiger partial charge on any atom is -0.325 e. The Morgan fingerprint density at radius 1 is 1.23 bits per heavy atom. The molecule has 0 saturated carbocycles. The number of nitrogens with zero attached hydrogens (tertiary/aromatic N) is 4. The second kappa shape index (κ2) is 7.60. The number of carbonyl (C=O) groups excluding carboxylic acids is 1. The molecular formula is C22H18FN7O. The normalized spacial score (nSPS) is 11.3. The number of carbonyl (C=O) groups is 1. The van der Waals surface area contributed by atoms with E-state index < -0.39 is 5.82 Å². The molecule has 0 atom stereocenters. The zero-order valence-electron chi connectivity index (χ0n) is 16.6. The molecule has 0 bridgehead atoms. The van der Waals surface area contributed by atoms with Gasteiger partial charge in [0, 0.05) is 29.9 Å². The molecule has 5 aromatic rings. The molecule has 4 heterocycles. The lowest BCUT2D eigenvalue weighted by Crippen LogP contribution is -2.10. The van der Waals surface area contributed by atoms with Gasteiger partial charge < -0.3 is 10.3 Å². The van der Waals surface area contributed by atoms with Crippen molar-refractivity contribution in [2.45, 2.75) is 19.8 Å². The average Bonchev–Trinajstić information content (AvgIpc) is 3.38. The third-order valence-electron chi connectivity index (χ3n) is 4.96. The van der Waals surface area contributed by atoms with Crippen LogP contribution >= 0.6 is 0 Å². The molecule has 5 rings (SSSR count). The third kappa shape index (κ3) is 3.39. The number of benzene rings is 1. The van der Waals surface area contributed by atoms with E-state index in [1.54, 1.807) is 36.7 Å². The van der Waals surface area contributed by atoms with Gasteiger partial charge >= 0.3 is 0 Å². The summed E-state index contributed by atoms with van der Waals surface area (Å²) in [5.41, 5.74) is 3.61. The Kier molecular flexibility index (Phi) is 4.62. The van der Waals surface area contributed by atoms with Gasteiger partial charge in [-0.25, -0.2) is 14.4 Å². The number of fused-ring (bicyclic) bond motifs is 2. The van der Waals surface area contributed by atoms with E-state index >= 15 is 4.39 Å². The van der Waals surface area contributed by atoms with Crippen LogP contribution in [-0.4, -0.2) is 36.0 Å². The number of amides is 1. The maximum Gasteiger partial charge on any atom is 0.224 e. The lowest BCUT2D eigenvalue weighted by molar-refractivity contribution is -0.116. The van der Waals surface area contributed by atoms with E-state index in [4.69, 9.17) is 0 Å². The number of aromatic nitrogens is 6. The lowest BCUT2D eigenvalue weighted by atomic mass is 10.0. The Balaban J connectivity index is 1.59. The highest BCUT2D eigenvalue weighted by atomic mass is 19.1. The van der Waals surface area contributed by atoms with Gasteiger partial charge in [0.25, 0.3) is 0 Å². The Morgan fingerprint density at radius 2 is 2.13 bits per heavy atom. The highest BCUT2D eigenvalue weighted by Crippen LogP contribution is 2.34. The van der Waals surface area contributed by atoms with Gasteiger partial charge in [0.05, 0.1) is 22.8 Å². The lowest BCUT2D eigenvalue weighted by Gasteiger charge is -2.08. The van der Waals surface area contributed by atoms with Crippen LogP contribution in [0.4, 0.5) is 10.1 Å². The van der Waals surface area contributed by atoms with Crippen molar-refractivity contribution in [3.63, 3.8) is 0 Å². The molecule has 0 radical (unpaired) electrons. The number of pyridine rings is 2. The monoisotopic (exact) mass is 415 g/mol. The number of rotatable bonds is 5. The zero-order chi connectivity index (χ0) is 21.4. The summed E-state index contributed by atoms with van der Waals surface area (Å²) in [5.74, 6) is -0.129. The Bertz CT molecular complexity index is 1390. The molecule has 1 aromatic carbocycles. The smallest absolute Gasteiger partial charge is 0.224 e. The van der Waals surface area contributed by atoms with Gasteiger partial charge in [-0.3, -0.25) is 14.9 Å². The summed E-state index contributed by atoms with van der Waals surface area (Å²) in [5, 5.41) is 10.2. The molecule has 0 aliphatic heterocycles. The van der Waals surface area contributed by atoms with Crippen LogP contribution in [0.5, 0.6) is 0 Å². The Hall–Kier alpha value is -4.14. The molecule has 0 saturated heterocycles. The van der Waals surface area contributed by atoms with Gasteiger partial charge in [-0.1, -0.05) is 6.92 Å². The van der Waals surface area contributed by atoms with Gasteiger partial charge in [-0.15, -0.1) is 0 Å². The standard InChI is InChI=1S/C22H18FN7O/c1-2-4-17(31)26-13-9-12(10-24-11-13)14-6-7-15-18(19(14)23)20(30-29-15)22-27-16-5-3-8-25-21(16)28-22/h3,5-11H,2,4H2,1H3,(H,26,31)(H,29,30)(H,25,27,28). The maximum absolute atomic E-state index is 15.7. The number of nitrogens with one attached hydrogen (secondary N) is 3. The molecule has 0 fully saturated rings.